The second kappa shape index (κ2) is 9.46. The molecule has 37 heavy (non-hydrogen) atoms. The van der Waals surface area contributed by atoms with Crippen LogP contribution in [-0.2, 0) is 14.3 Å². The third kappa shape index (κ3) is 4.42. The fourth-order valence-electron chi connectivity index (χ4n) is 4.52. The monoisotopic (exact) mass is 499 g/mol. The van der Waals surface area contributed by atoms with Crippen molar-refractivity contribution in [1.82, 2.24) is 0 Å². The second-order valence-electron chi connectivity index (χ2n) is 9.16. The lowest BCUT2D eigenvalue weighted by molar-refractivity contribution is -0.132. The summed E-state index contributed by atoms with van der Waals surface area (Å²) in [6.45, 7) is 5.45. The van der Waals surface area contributed by atoms with Gasteiger partial charge in [-0.05, 0) is 62.7 Å². The Bertz CT molecular complexity index is 1460. The Morgan fingerprint density at radius 2 is 1.73 bits per heavy atom. The smallest absolute Gasteiger partial charge is 0.338 e. The summed E-state index contributed by atoms with van der Waals surface area (Å²) in [7, 11) is 0. The van der Waals surface area contributed by atoms with Crippen LogP contribution in [0.5, 0.6) is 11.5 Å². The van der Waals surface area contributed by atoms with E-state index in [4.69, 9.17) is 14.2 Å². The van der Waals surface area contributed by atoms with E-state index in [0.717, 1.165) is 5.56 Å². The van der Waals surface area contributed by atoms with Crippen LogP contribution < -0.4 is 14.4 Å². The molecule has 0 aliphatic carbocycles. The molecule has 0 spiro atoms. The number of anilines is 1. The Morgan fingerprint density at radius 3 is 2.49 bits per heavy atom. The molecule has 2 aliphatic heterocycles. The van der Waals surface area contributed by atoms with Gasteiger partial charge in [0.1, 0.15) is 5.76 Å². The SMILES string of the molecule is Cc1cccc(C2/C(=C(/O)c3ccc4c(c3)OCO4)C(=O)C(=O)N2c2cccc(C(=O)OC(C)C)c2)c1. The molecule has 0 bridgehead atoms. The maximum absolute atomic E-state index is 13.4. The summed E-state index contributed by atoms with van der Waals surface area (Å²) in [5.74, 6) is -1.57. The summed E-state index contributed by atoms with van der Waals surface area (Å²) < 4.78 is 16.1. The summed E-state index contributed by atoms with van der Waals surface area (Å²) in [5.41, 5.74) is 2.37. The van der Waals surface area contributed by atoms with Crippen LogP contribution in [0, 0.1) is 6.92 Å². The van der Waals surface area contributed by atoms with E-state index >= 15 is 0 Å². The van der Waals surface area contributed by atoms with Gasteiger partial charge in [0.25, 0.3) is 11.7 Å². The van der Waals surface area contributed by atoms with Gasteiger partial charge in [0.05, 0.1) is 23.3 Å². The minimum Gasteiger partial charge on any atom is -0.507 e. The van der Waals surface area contributed by atoms with Crippen molar-refractivity contribution in [2.75, 3.05) is 11.7 Å². The van der Waals surface area contributed by atoms with E-state index in [1.807, 2.05) is 25.1 Å². The van der Waals surface area contributed by atoms with Crippen LogP contribution in [0.25, 0.3) is 5.76 Å². The van der Waals surface area contributed by atoms with E-state index in [1.165, 1.54) is 11.0 Å². The zero-order valence-corrected chi connectivity index (χ0v) is 20.6. The summed E-state index contributed by atoms with van der Waals surface area (Å²) in [6, 6.07) is 17.6. The highest BCUT2D eigenvalue weighted by Crippen LogP contribution is 2.43. The third-order valence-corrected chi connectivity index (χ3v) is 6.15. The number of aryl methyl sites for hydroxylation is 1. The zero-order chi connectivity index (χ0) is 26.3. The van der Waals surface area contributed by atoms with Gasteiger partial charge in [0.15, 0.2) is 11.5 Å². The van der Waals surface area contributed by atoms with Crippen LogP contribution >= 0.6 is 0 Å². The zero-order valence-electron chi connectivity index (χ0n) is 20.6. The molecular weight excluding hydrogens is 474 g/mol. The van der Waals surface area contributed by atoms with Gasteiger partial charge in [-0.15, -0.1) is 0 Å². The molecule has 2 heterocycles. The van der Waals surface area contributed by atoms with Gasteiger partial charge in [0.2, 0.25) is 6.79 Å². The van der Waals surface area contributed by atoms with Gasteiger partial charge < -0.3 is 19.3 Å². The molecule has 8 nitrogen and oxygen atoms in total. The predicted molar refractivity (Wildman–Crippen MR) is 136 cm³/mol. The van der Waals surface area contributed by atoms with Gasteiger partial charge >= 0.3 is 5.97 Å². The van der Waals surface area contributed by atoms with Gasteiger partial charge in [0, 0.05) is 11.3 Å². The topological polar surface area (TPSA) is 102 Å². The van der Waals surface area contributed by atoms with Gasteiger partial charge in [-0.3, -0.25) is 14.5 Å². The molecular formula is C29H25NO7. The molecule has 3 aromatic carbocycles. The fourth-order valence-corrected chi connectivity index (χ4v) is 4.52. The molecule has 1 amide bonds. The average Bonchev–Trinajstić information content (AvgIpc) is 3.45. The molecule has 0 aromatic heterocycles. The van der Waals surface area contributed by atoms with Gasteiger partial charge in [-0.25, -0.2) is 4.79 Å². The van der Waals surface area contributed by atoms with Crippen molar-refractivity contribution < 1.29 is 33.7 Å². The Labute approximate surface area is 213 Å². The summed E-state index contributed by atoms with van der Waals surface area (Å²) >= 11 is 0. The maximum Gasteiger partial charge on any atom is 0.338 e. The maximum atomic E-state index is 13.4. The first-order valence-corrected chi connectivity index (χ1v) is 11.8. The minimum atomic E-state index is -0.929. The summed E-state index contributed by atoms with van der Waals surface area (Å²) in [5, 5.41) is 11.4. The van der Waals surface area contributed by atoms with Crippen molar-refractivity contribution in [2.24, 2.45) is 0 Å². The molecule has 1 saturated heterocycles. The number of hydrogen-bond acceptors (Lipinski definition) is 7. The minimum absolute atomic E-state index is 0.0583. The van der Waals surface area contributed by atoms with Crippen molar-refractivity contribution in [3.63, 3.8) is 0 Å². The first-order valence-electron chi connectivity index (χ1n) is 11.8. The molecule has 1 unspecified atom stereocenters. The lowest BCUT2D eigenvalue weighted by Crippen LogP contribution is -2.29. The summed E-state index contributed by atoms with van der Waals surface area (Å²) in [6.07, 6.45) is -0.320. The van der Waals surface area contributed by atoms with Crippen molar-refractivity contribution >= 4 is 29.1 Å². The number of nitrogens with zero attached hydrogens (tertiary/aromatic N) is 1. The molecule has 0 radical (unpaired) electrons. The van der Waals surface area contributed by atoms with Crippen LogP contribution in [0.2, 0.25) is 0 Å². The highest BCUT2D eigenvalue weighted by atomic mass is 16.7. The van der Waals surface area contributed by atoms with Crippen LogP contribution in [0.1, 0.15) is 46.9 Å². The third-order valence-electron chi connectivity index (χ3n) is 6.15. The molecule has 188 valence electrons. The Morgan fingerprint density at radius 1 is 0.973 bits per heavy atom. The quantitative estimate of drug-likeness (QED) is 0.230. The second-order valence-corrected chi connectivity index (χ2v) is 9.16. The number of esters is 1. The van der Waals surface area contributed by atoms with Crippen molar-refractivity contribution in [3.05, 3.63) is 94.6 Å². The number of rotatable bonds is 5. The fraction of sp³-hybridized carbons (Fsp3) is 0.207. The van der Waals surface area contributed by atoms with Crippen LogP contribution in [0.15, 0.2) is 72.3 Å². The van der Waals surface area contributed by atoms with Crippen LogP contribution in [0.3, 0.4) is 0 Å². The average molecular weight is 500 g/mol. The van der Waals surface area contributed by atoms with Crippen LogP contribution in [-0.4, -0.2) is 35.7 Å². The molecule has 5 rings (SSSR count). The number of amides is 1. The van der Waals surface area contributed by atoms with E-state index in [2.05, 4.69) is 0 Å². The van der Waals surface area contributed by atoms with E-state index < -0.39 is 23.7 Å². The number of aliphatic hydroxyl groups is 1. The first kappa shape index (κ1) is 24.1. The number of ketones is 1. The molecule has 0 saturated carbocycles. The molecule has 1 fully saturated rings. The highest BCUT2D eigenvalue weighted by molar-refractivity contribution is 6.51. The number of carbonyl (C=O) groups is 3. The number of carbonyl (C=O) groups excluding carboxylic acids is 3. The summed E-state index contributed by atoms with van der Waals surface area (Å²) in [4.78, 5) is 40.7. The van der Waals surface area contributed by atoms with Crippen LogP contribution in [0.4, 0.5) is 5.69 Å². The normalized spacial score (nSPS) is 17.9. The number of benzene rings is 3. The Balaban J connectivity index is 1.66. The van der Waals surface area contributed by atoms with Gasteiger partial charge in [-0.2, -0.15) is 0 Å². The molecule has 8 heteroatoms. The predicted octanol–water partition coefficient (Wildman–Crippen LogP) is 4.92. The number of fused-ring (bicyclic) bond motifs is 1. The standard InChI is InChI=1S/C29H25NO7/c1-16(2)37-29(34)20-8-5-9-21(13-20)30-25(18-7-4-6-17(3)12-18)24(27(32)28(30)33)26(31)19-10-11-22-23(14-19)36-15-35-22/h4-14,16,25,31H,15H2,1-3H3/b26-24-. The molecule has 2 aliphatic rings. The van der Waals surface area contributed by atoms with Crippen molar-refractivity contribution in [1.29, 1.82) is 0 Å². The lowest BCUT2D eigenvalue weighted by atomic mass is 9.94. The molecule has 1 atom stereocenters. The molecule has 3 aromatic rings. The Kier molecular flexibility index (Phi) is 6.17. The van der Waals surface area contributed by atoms with E-state index in [-0.39, 0.29) is 29.8 Å². The highest BCUT2D eigenvalue weighted by Gasteiger charge is 2.47. The number of ether oxygens (including phenoxy) is 3. The van der Waals surface area contributed by atoms with Crippen molar-refractivity contribution in [2.45, 2.75) is 32.9 Å². The lowest BCUT2D eigenvalue weighted by Gasteiger charge is -2.26. The molecule has 1 N–H and O–H groups in total. The van der Waals surface area contributed by atoms with Crippen molar-refractivity contribution in [3.8, 4) is 11.5 Å². The Hall–Kier alpha value is -4.59. The first-order chi connectivity index (χ1) is 17.7. The number of Topliss-reactive ketones (excluding diaryl/α,β-unsaturated/α-hetero) is 1. The largest absolute Gasteiger partial charge is 0.507 e. The van der Waals surface area contributed by atoms with E-state index in [9.17, 15) is 19.5 Å². The van der Waals surface area contributed by atoms with E-state index in [1.54, 1.807) is 56.3 Å². The number of aliphatic hydroxyl groups excluding tert-OH is 1. The van der Waals surface area contributed by atoms with Gasteiger partial charge in [-0.1, -0.05) is 35.9 Å². The van der Waals surface area contributed by atoms with E-state index in [0.29, 0.717) is 28.3 Å². The number of hydrogen-bond donors (Lipinski definition) is 1.